The van der Waals surface area contributed by atoms with E-state index >= 15 is 0 Å². The maximum absolute atomic E-state index is 13.1. The van der Waals surface area contributed by atoms with E-state index in [1.807, 2.05) is 18.2 Å². The van der Waals surface area contributed by atoms with Crippen molar-refractivity contribution in [1.82, 2.24) is 0 Å². The monoisotopic (exact) mass is 375 g/mol. The Hall–Kier alpha value is -3.93. The molecule has 0 aromatic heterocycles. The van der Waals surface area contributed by atoms with Gasteiger partial charge in [-0.15, -0.1) is 0 Å². The first-order valence-electron chi connectivity index (χ1n) is 8.56. The van der Waals surface area contributed by atoms with Gasteiger partial charge in [-0.3, -0.25) is 4.79 Å². The van der Waals surface area contributed by atoms with Crippen molar-refractivity contribution in [3.05, 3.63) is 96.3 Å². The summed E-state index contributed by atoms with van der Waals surface area (Å²) in [5.74, 6) is -0.700. The van der Waals surface area contributed by atoms with Gasteiger partial charge in [-0.1, -0.05) is 30.3 Å². The van der Waals surface area contributed by atoms with Gasteiger partial charge in [-0.05, 0) is 60.2 Å². The first-order chi connectivity index (χ1) is 13.6. The first-order valence-corrected chi connectivity index (χ1v) is 8.56. The molecule has 0 aliphatic carbocycles. The Morgan fingerprint density at radius 3 is 1.96 bits per heavy atom. The molecule has 0 aliphatic rings. The third-order valence-electron chi connectivity index (χ3n) is 3.72. The molecule has 3 rings (SSSR count). The van der Waals surface area contributed by atoms with Gasteiger partial charge in [0.25, 0.3) is 0 Å². The van der Waals surface area contributed by atoms with Crippen LogP contribution in [0.1, 0.15) is 5.56 Å². The second kappa shape index (κ2) is 9.14. The highest BCUT2D eigenvalue weighted by molar-refractivity contribution is 6.02. The number of carbonyl (C=O) groups excluding carboxylic acids is 2. The summed E-state index contributed by atoms with van der Waals surface area (Å²) in [5.41, 5.74) is 2.44. The number of anilines is 3. The molecule has 140 valence electrons. The third-order valence-corrected chi connectivity index (χ3v) is 3.72. The molecule has 0 spiro atoms. The van der Waals surface area contributed by atoms with E-state index < -0.39 is 0 Å². The second-order valence-electron chi connectivity index (χ2n) is 5.90. The van der Waals surface area contributed by atoms with Gasteiger partial charge >= 0.3 is 6.03 Å². The van der Waals surface area contributed by atoms with Gasteiger partial charge in [0.05, 0.1) is 0 Å². The molecule has 6 heteroatoms. The number of halogens is 1. The van der Waals surface area contributed by atoms with Gasteiger partial charge in [-0.25, -0.2) is 9.18 Å². The summed E-state index contributed by atoms with van der Waals surface area (Å²) in [5, 5.41) is 8.13. The van der Waals surface area contributed by atoms with Crippen LogP contribution in [0.2, 0.25) is 0 Å². The summed E-state index contributed by atoms with van der Waals surface area (Å²) >= 11 is 0. The fraction of sp³-hybridized carbons (Fsp3) is 0. The minimum absolute atomic E-state index is 0.341. The van der Waals surface area contributed by atoms with Gasteiger partial charge in [0, 0.05) is 23.1 Å². The normalized spacial score (nSPS) is 10.5. The number of amides is 3. The van der Waals surface area contributed by atoms with Crippen molar-refractivity contribution in [3.63, 3.8) is 0 Å². The lowest BCUT2D eigenvalue weighted by atomic mass is 10.2. The van der Waals surface area contributed by atoms with E-state index in [1.165, 1.54) is 24.3 Å². The third kappa shape index (κ3) is 5.81. The lowest BCUT2D eigenvalue weighted by Gasteiger charge is -2.08. The molecule has 3 aromatic carbocycles. The van der Waals surface area contributed by atoms with Crippen LogP contribution in [0, 0.1) is 5.82 Å². The Morgan fingerprint density at radius 1 is 0.714 bits per heavy atom. The molecule has 0 heterocycles. The lowest BCUT2D eigenvalue weighted by molar-refractivity contribution is -0.111. The van der Waals surface area contributed by atoms with Gasteiger partial charge < -0.3 is 16.0 Å². The van der Waals surface area contributed by atoms with Crippen LogP contribution < -0.4 is 16.0 Å². The molecule has 0 fully saturated rings. The van der Waals surface area contributed by atoms with E-state index in [4.69, 9.17) is 0 Å². The number of rotatable bonds is 5. The quantitative estimate of drug-likeness (QED) is 0.542. The molecular formula is C22H18FN3O2. The Balaban J connectivity index is 1.52. The molecule has 3 amide bonds. The topological polar surface area (TPSA) is 70.2 Å². The largest absolute Gasteiger partial charge is 0.323 e. The highest BCUT2D eigenvalue weighted by atomic mass is 19.1. The average Bonchev–Trinajstić information content (AvgIpc) is 2.69. The molecule has 28 heavy (non-hydrogen) atoms. The van der Waals surface area contributed by atoms with Gasteiger partial charge in [0.2, 0.25) is 5.91 Å². The van der Waals surface area contributed by atoms with Crippen molar-refractivity contribution < 1.29 is 14.0 Å². The molecule has 3 N–H and O–H groups in total. The van der Waals surface area contributed by atoms with Crippen molar-refractivity contribution >= 4 is 35.1 Å². The van der Waals surface area contributed by atoms with Crippen molar-refractivity contribution in [1.29, 1.82) is 0 Å². The summed E-state index contributed by atoms with van der Waals surface area (Å²) in [6.45, 7) is 0. The molecule has 0 saturated carbocycles. The molecule has 0 atom stereocenters. The van der Waals surface area contributed by atoms with Gasteiger partial charge in [0.1, 0.15) is 5.82 Å². The molecular weight excluding hydrogens is 357 g/mol. The predicted molar refractivity (Wildman–Crippen MR) is 110 cm³/mol. The zero-order chi connectivity index (χ0) is 19.8. The SMILES string of the molecule is O=C(C=Cc1cccc(F)c1)Nc1ccc(NC(=O)Nc2ccccc2)cc1. The van der Waals surface area contributed by atoms with E-state index in [-0.39, 0.29) is 17.8 Å². The van der Waals surface area contributed by atoms with Crippen molar-refractivity contribution in [2.45, 2.75) is 0 Å². The Labute approximate surface area is 161 Å². The van der Waals surface area contributed by atoms with Crippen LogP contribution in [-0.4, -0.2) is 11.9 Å². The van der Waals surface area contributed by atoms with E-state index in [9.17, 15) is 14.0 Å². The first kappa shape index (κ1) is 18.8. The molecule has 0 unspecified atom stereocenters. The number of urea groups is 1. The van der Waals surface area contributed by atoms with E-state index in [0.29, 0.717) is 22.6 Å². The minimum Gasteiger partial charge on any atom is -0.323 e. The van der Waals surface area contributed by atoms with E-state index in [1.54, 1.807) is 48.5 Å². The number of nitrogens with one attached hydrogen (secondary N) is 3. The molecule has 3 aromatic rings. The standard InChI is InChI=1S/C22H18FN3O2/c23-17-6-4-5-16(15-17)9-14-21(27)24-19-10-12-20(13-11-19)26-22(28)25-18-7-2-1-3-8-18/h1-15H,(H,24,27)(H2,25,26,28). The molecule has 0 aliphatic heterocycles. The number of benzene rings is 3. The molecule has 0 radical (unpaired) electrons. The zero-order valence-corrected chi connectivity index (χ0v) is 14.9. The van der Waals surface area contributed by atoms with E-state index in [0.717, 1.165) is 0 Å². The maximum atomic E-state index is 13.1. The summed E-state index contributed by atoms with van der Waals surface area (Å²) in [7, 11) is 0. The average molecular weight is 375 g/mol. The van der Waals surface area contributed by atoms with Crippen LogP contribution in [-0.2, 0) is 4.79 Å². The number of hydrogen-bond acceptors (Lipinski definition) is 2. The van der Waals surface area contributed by atoms with Crippen LogP contribution in [0.25, 0.3) is 6.08 Å². The maximum Gasteiger partial charge on any atom is 0.323 e. The summed E-state index contributed by atoms with van der Waals surface area (Å²) in [6.07, 6.45) is 2.86. The summed E-state index contributed by atoms with van der Waals surface area (Å²) < 4.78 is 13.1. The highest BCUT2D eigenvalue weighted by Gasteiger charge is 2.03. The Morgan fingerprint density at radius 2 is 1.32 bits per heavy atom. The Bertz CT molecular complexity index is 986. The van der Waals surface area contributed by atoms with Crippen molar-refractivity contribution in [2.75, 3.05) is 16.0 Å². The van der Waals surface area contributed by atoms with Crippen LogP contribution in [0.5, 0.6) is 0 Å². The van der Waals surface area contributed by atoms with Crippen molar-refractivity contribution in [3.8, 4) is 0 Å². The van der Waals surface area contributed by atoms with Crippen molar-refractivity contribution in [2.24, 2.45) is 0 Å². The van der Waals surface area contributed by atoms with Crippen LogP contribution in [0.4, 0.5) is 26.2 Å². The fourth-order valence-corrected chi connectivity index (χ4v) is 2.42. The van der Waals surface area contributed by atoms with Gasteiger partial charge in [-0.2, -0.15) is 0 Å². The molecule has 0 bridgehead atoms. The van der Waals surface area contributed by atoms with Crippen LogP contribution in [0.3, 0.4) is 0 Å². The summed E-state index contributed by atoms with van der Waals surface area (Å²) in [6, 6.07) is 21.4. The lowest BCUT2D eigenvalue weighted by Crippen LogP contribution is -2.19. The Kier molecular flexibility index (Phi) is 6.15. The fourth-order valence-electron chi connectivity index (χ4n) is 2.42. The minimum atomic E-state index is -0.360. The summed E-state index contributed by atoms with van der Waals surface area (Å²) in [4.78, 5) is 23.9. The predicted octanol–water partition coefficient (Wildman–Crippen LogP) is 5.12. The molecule has 5 nitrogen and oxygen atoms in total. The highest BCUT2D eigenvalue weighted by Crippen LogP contribution is 2.15. The van der Waals surface area contributed by atoms with Gasteiger partial charge in [0.15, 0.2) is 0 Å². The molecule has 0 saturated heterocycles. The smallest absolute Gasteiger partial charge is 0.323 e. The second-order valence-corrected chi connectivity index (χ2v) is 5.90. The van der Waals surface area contributed by atoms with E-state index in [2.05, 4.69) is 16.0 Å². The zero-order valence-electron chi connectivity index (χ0n) is 14.9. The number of para-hydroxylation sites is 1. The number of carbonyl (C=O) groups is 2. The van der Waals surface area contributed by atoms with Crippen LogP contribution >= 0.6 is 0 Å². The van der Waals surface area contributed by atoms with Crippen LogP contribution in [0.15, 0.2) is 84.9 Å². The number of hydrogen-bond donors (Lipinski definition) is 3.